The number of Topliss-reactive ketones (excluding diaryl/α,β-unsaturated/α-hetero) is 1. The van der Waals surface area contributed by atoms with Crippen LogP contribution in [0.3, 0.4) is 0 Å². The fourth-order valence-electron chi connectivity index (χ4n) is 5.55. The Bertz CT molecular complexity index is 1360. The zero-order valence-electron chi connectivity index (χ0n) is 23.7. The van der Waals surface area contributed by atoms with E-state index in [4.69, 9.17) is 23.7 Å². The molecule has 2 aromatic carbocycles. The molecule has 0 fully saturated rings. The van der Waals surface area contributed by atoms with Crippen molar-refractivity contribution in [2.75, 3.05) is 34.5 Å². The summed E-state index contributed by atoms with van der Waals surface area (Å²) in [6.45, 7) is 5.50. The number of dihydropyridines is 1. The molecular formula is C31H35NO8. The molecule has 0 amide bonds. The SMILES string of the molecule is CCOC(=O)C1=C(C)NC2=C(C(=O)C(C(=O)OCC)C(c3ccc(OC)cc3)C2)C1c1ccc(OC)cc1OC. The molecule has 2 aromatic rings. The van der Waals surface area contributed by atoms with Gasteiger partial charge in [0.25, 0.3) is 0 Å². The van der Waals surface area contributed by atoms with Crippen LogP contribution in [0.1, 0.15) is 50.2 Å². The highest BCUT2D eigenvalue weighted by molar-refractivity contribution is 6.13. The maximum atomic E-state index is 14.5. The highest BCUT2D eigenvalue weighted by Crippen LogP contribution is 2.50. The second-order valence-electron chi connectivity index (χ2n) is 9.50. The van der Waals surface area contributed by atoms with Crippen molar-refractivity contribution in [3.05, 3.63) is 76.1 Å². The summed E-state index contributed by atoms with van der Waals surface area (Å²) in [5.41, 5.74) is 3.19. The quantitative estimate of drug-likeness (QED) is 0.359. The van der Waals surface area contributed by atoms with E-state index in [0.29, 0.717) is 46.2 Å². The molecule has 1 N–H and O–H groups in total. The van der Waals surface area contributed by atoms with Gasteiger partial charge in [-0.3, -0.25) is 9.59 Å². The number of allylic oxidation sites excluding steroid dienone is 3. The summed E-state index contributed by atoms with van der Waals surface area (Å²) in [5.74, 6) is -2.35. The number of ether oxygens (including phenoxy) is 5. The molecule has 0 spiro atoms. The van der Waals surface area contributed by atoms with Gasteiger partial charge in [0.05, 0.1) is 46.0 Å². The van der Waals surface area contributed by atoms with Gasteiger partial charge in [0.15, 0.2) is 5.78 Å². The summed E-state index contributed by atoms with van der Waals surface area (Å²) in [7, 11) is 4.63. The van der Waals surface area contributed by atoms with Gasteiger partial charge in [-0.2, -0.15) is 0 Å². The third-order valence-corrected chi connectivity index (χ3v) is 7.35. The molecule has 9 nitrogen and oxygen atoms in total. The average molecular weight is 550 g/mol. The number of hydrogen-bond acceptors (Lipinski definition) is 9. The predicted molar refractivity (Wildman–Crippen MR) is 147 cm³/mol. The minimum atomic E-state index is -1.11. The van der Waals surface area contributed by atoms with Crippen molar-refractivity contribution >= 4 is 17.7 Å². The van der Waals surface area contributed by atoms with Crippen molar-refractivity contribution in [2.24, 2.45) is 5.92 Å². The lowest BCUT2D eigenvalue weighted by Gasteiger charge is -2.39. The fourth-order valence-corrected chi connectivity index (χ4v) is 5.55. The zero-order valence-corrected chi connectivity index (χ0v) is 23.7. The van der Waals surface area contributed by atoms with Crippen LogP contribution in [0.4, 0.5) is 0 Å². The van der Waals surface area contributed by atoms with E-state index in [9.17, 15) is 14.4 Å². The van der Waals surface area contributed by atoms with Gasteiger partial charge in [0.2, 0.25) is 0 Å². The van der Waals surface area contributed by atoms with Crippen LogP contribution in [-0.4, -0.2) is 52.3 Å². The fraction of sp³-hybridized carbons (Fsp3) is 0.387. The minimum Gasteiger partial charge on any atom is -0.497 e. The third kappa shape index (κ3) is 5.28. The number of ketones is 1. The lowest BCUT2D eigenvalue weighted by Crippen LogP contribution is -2.43. The molecular weight excluding hydrogens is 514 g/mol. The Morgan fingerprint density at radius 1 is 0.900 bits per heavy atom. The Balaban J connectivity index is 1.93. The van der Waals surface area contributed by atoms with E-state index in [0.717, 1.165) is 5.56 Å². The van der Waals surface area contributed by atoms with Gasteiger partial charge in [-0.15, -0.1) is 0 Å². The zero-order chi connectivity index (χ0) is 29.0. The predicted octanol–water partition coefficient (Wildman–Crippen LogP) is 4.43. The van der Waals surface area contributed by atoms with Crippen molar-refractivity contribution in [1.29, 1.82) is 0 Å². The van der Waals surface area contributed by atoms with Gasteiger partial charge in [0.1, 0.15) is 23.2 Å². The summed E-state index contributed by atoms with van der Waals surface area (Å²) < 4.78 is 27.2. The molecule has 3 unspecified atom stereocenters. The number of esters is 2. The van der Waals surface area contributed by atoms with E-state index in [1.165, 1.54) is 7.11 Å². The Morgan fingerprint density at radius 2 is 1.55 bits per heavy atom. The topological polar surface area (TPSA) is 109 Å². The molecule has 4 rings (SSSR count). The van der Waals surface area contributed by atoms with Crippen LogP contribution >= 0.6 is 0 Å². The second kappa shape index (κ2) is 12.3. The van der Waals surface area contributed by atoms with Crippen LogP contribution in [0.5, 0.6) is 17.2 Å². The minimum absolute atomic E-state index is 0.130. The van der Waals surface area contributed by atoms with Crippen LogP contribution in [-0.2, 0) is 23.9 Å². The number of carbonyl (C=O) groups excluding carboxylic acids is 3. The van der Waals surface area contributed by atoms with Gasteiger partial charge in [-0.05, 0) is 51.0 Å². The van der Waals surface area contributed by atoms with Crippen molar-refractivity contribution in [3.63, 3.8) is 0 Å². The number of methoxy groups -OCH3 is 3. The Hall–Kier alpha value is -4.27. The molecule has 0 aromatic heterocycles. The molecule has 1 aliphatic carbocycles. The van der Waals surface area contributed by atoms with Crippen molar-refractivity contribution in [2.45, 2.75) is 39.0 Å². The molecule has 0 radical (unpaired) electrons. The van der Waals surface area contributed by atoms with Crippen LogP contribution in [0.15, 0.2) is 65.0 Å². The van der Waals surface area contributed by atoms with Gasteiger partial charge in [0, 0.05) is 34.5 Å². The molecule has 1 heterocycles. The molecule has 2 aliphatic rings. The van der Waals surface area contributed by atoms with Gasteiger partial charge >= 0.3 is 11.9 Å². The first-order valence-electron chi connectivity index (χ1n) is 13.2. The van der Waals surface area contributed by atoms with Gasteiger partial charge < -0.3 is 29.0 Å². The summed E-state index contributed by atoms with van der Waals surface area (Å²) in [6, 6.07) is 12.5. The molecule has 0 bridgehead atoms. The number of carbonyl (C=O) groups is 3. The Kier molecular flexibility index (Phi) is 8.82. The van der Waals surface area contributed by atoms with E-state index in [-0.39, 0.29) is 18.8 Å². The first-order chi connectivity index (χ1) is 19.3. The van der Waals surface area contributed by atoms with E-state index in [1.807, 2.05) is 12.1 Å². The monoisotopic (exact) mass is 549 g/mol. The number of rotatable bonds is 9. The molecule has 1 aliphatic heterocycles. The average Bonchev–Trinajstić information content (AvgIpc) is 2.96. The first-order valence-corrected chi connectivity index (χ1v) is 13.2. The third-order valence-electron chi connectivity index (χ3n) is 7.35. The van der Waals surface area contributed by atoms with Crippen molar-refractivity contribution in [3.8, 4) is 17.2 Å². The number of hydrogen-bond donors (Lipinski definition) is 1. The Labute approximate surface area is 234 Å². The van der Waals surface area contributed by atoms with Crippen LogP contribution < -0.4 is 19.5 Å². The van der Waals surface area contributed by atoms with Crippen LogP contribution in [0.2, 0.25) is 0 Å². The largest absolute Gasteiger partial charge is 0.497 e. The summed E-state index contributed by atoms with van der Waals surface area (Å²) in [5, 5.41) is 3.31. The molecule has 9 heteroatoms. The number of benzene rings is 2. The maximum absolute atomic E-state index is 14.5. The van der Waals surface area contributed by atoms with Gasteiger partial charge in [-0.25, -0.2) is 4.79 Å². The molecule has 0 saturated carbocycles. The van der Waals surface area contributed by atoms with E-state index >= 15 is 0 Å². The summed E-state index contributed by atoms with van der Waals surface area (Å²) in [6.07, 6.45) is 0.347. The van der Waals surface area contributed by atoms with E-state index < -0.39 is 35.5 Å². The molecule has 3 atom stereocenters. The van der Waals surface area contributed by atoms with Crippen LogP contribution in [0, 0.1) is 5.92 Å². The maximum Gasteiger partial charge on any atom is 0.336 e. The normalized spacial score (nSPS) is 20.4. The lowest BCUT2D eigenvalue weighted by molar-refractivity contribution is -0.152. The molecule has 40 heavy (non-hydrogen) atoms. The standard InChI is InChI=1S/C31H35NO8/c1-7-39-30(34)25-17(3)32-23-16-22(18-9-11-19(36-4)12-10-18)27(31(35)40-8-2)29(33)28(23)26(25)21-14-13-20(37-5)15-24(21)38-6/h9-15,22,26-27,32H,7-8,16H2,1-6H3. The van der Waals surface area contributed by atoms with Crippen LogP contribution in [0.25, 0.3) is 0 Å². The van der Waals surface area contributed by atoms with Crippen molar-refractivity contribution < 1.29 is 38.1 Å². The number of nitrogens with one attached hydrogen (secondary N) is 1. The first kappa shape index (κ1) is 28.7. The second-order valence-corrected chi connectivity index (χ2v) is 9.50. The van der Waals surface area contributed by atoms with Gasteiger partial charge in [-0.1, -0.05) is 18.2 Å². The highest BCUT2D eigenvalue weighted by Gasteiger charge is 2.49. The van der Waals surface area contributed by atoms with E-state index in [1.54, 1.807) is 65.3 Å². The van der Waals surface area contributed by atoms with E-state index in [2.05, 4.69) is 5.32 Å². The Morgan fingerprint density at radius 3 is 2.15 bits per heavy atom. The molecule has 212 valence electrons. The summed E-state index contributed by atoms with van der Waals surface area (Å²) >= 11 is 0. The molecule has 0 saturated heterocycles. The van der Waals surface area contributed by atoms with Crippen molar-refractivity contribution in [1.82, 2.24) is 5.32 Å². The smallest absolute Gasteiger partial charge is 0.336 e. The summed E-state index contributed by atoms with van der Waals surface area (Å²) in [4.78, 5) is 41.2. The highest BCUT2D eigenvalue weighted by atomic mass is 16.5. The lowest BCUT2D eigenvalue weighted by atomic mass is 9.67.